The average molecular weight is 460 g/mol. The Morgan fingerprint density at radius 3 is 2.40 bits per heavy atom. The van der Waals surface area contributed by atoms with Crippen LogP contribution in [0.1, 0.15) is 49.9 Å². The summed E-state index contributed by atoms with van der Waals surface area (Å²) < 4.78 is 53.1. The van der Waals surface area contributed by atoms with Crippen LogP contribution in [-0.4, -0.2) is 16.6 Å². The van der Waals surface area contributed by atoms with Crippen molar-refractivity contribution in [3.63, 3.8) is 0 Å². The van der Waals surface area contributed by atoms with E-state index in [9.17, 15) is 22.4 Å². The second kappa shape index (κ2) is 8.79. The van der Waals surface area contributed by atoms with Crippen LogP contribution in [0.4, 0.5) is 23.2 Å². The fourth-order valence-corrected chi connectivity index (χ4v) is 5.16. The van der Waals surface area contributed by atoms with Crippen molar-refractivity contribution in [2.45, 2.75) is 55.1 Å². The first-order valence-electron chi connectivity index (χ1n) is 9.60. The number of thioether (sulfide) groups is 1. The van der Waals surface area contributed by atoms with Gasteiger partial charge in [-0.1, -0.05) is 25.4 Å². The summed E-state index contributed by atoms with van der Waals surface area (Å²) in [5.41, 5.74) is 0.434. The molecule has 0 saturated heterocycles. The van der Waals surface area contributed by atoms with Crippen LogP contribution in [0.25, 0.3) is 0 Å². The lowest BCUT2D eigenvalue weighted by Crippen LogP contribution is -2.35. The predicted molar refractivity (Wildman–Crippen MR) is 113 cm³/mol. The Hall–Kier alpha value is -1.73. The van der Waals surface area contributed by atoms with Crippen molar-refractivity contribution in [1.82, 2.24) is 0 Å². The van der Waals surface area contributed by atoms with Gasteiger partial charge in [-0.05, 0) is 49.1 Å². The number of carbonyl (C=O) groups excluding carboxylic acids is 1. The van der Waals surface area contributed by atoms with Gasteiger partial charge in [0, 0.05) is 39.8 Å². The van der Waals surface area contributed by atoms with Crippen LogP contribution in [0.2, 0.25) is 5.02 Å². The quantitative estimate of drug-likeness (QED) is 0.369. The maximum atomic E-state index is 13.5. The van der Waals surface area contributed by atoms with Gasteiger partial charge in [0.25, 0.3) is 5.91 Å². The molecule has 2 aromatic carbocycles. The molecule has 3 rings (SSSR count). The number of alkyl halides is 2. The SMILES string of the molecule is CC(C)(Sc1cc(C(=O)Nc2ccc(F)c(F)c2)ccc1Cl)C1CCC(F)(F)CC1. The van der Waals surface area contributed by atoms with Gasteiger partial charge in [-0.15, -0.1) is 11.8 Å². The fourth-order valence-electron chi connectivity index (χ4n) is 3.60. The molecule has 2 nitrogen and oxygen atoms in total. The molecule has 1 N–H and O–H groups in total. The number of amides is 1. The van der Waals surface area contributed by atoms with Crippen molar-refractivity contribution in [3.8, 4) is 0 Å². The van der Waals surface area contributed by atoms with Crippen molar-refractivity contribution in [2.75, 3.05) is 5.32 Å². The van der Waals surface area contributed by atoms with E-state index in [0.29, 0.717) is 28.3 Å². The highest BCUT2D eigenvalue weighted by atomic mass is 35.5. The van der Waals surface area contributed by atoms with Gasteiger partial charge in [-0.3, -0.25) is 4.79 Å². The van der Waals surface area contributed by atoms with E-state index >= 15 is 0 Å². The van der Waals surface area contributed by atoms with Crippen LogP contribution in [0, 0.1) is 17.6 Å². The second-order valence-corrected chi connectivity index (χ2v) is 10.2. The molecule has 2 aromatic rings. The molecule has 1 amide bonds. The van der Waals surface area contributed by atoms with E-state index in [4.69, 9.17) is 11.6 Å². The Bertz CT molecular complexity index is 941. The van der Waals surface area contributed by atoms with Gasteiger partial charge in [0.05, 0.1) is 5.02 Å². The summed E-state index contributed by atoms with van der Waals surface area (Å²) in [6.45, 7) is 3.99. The van der Waals surface area contributed by atoms with Crippen LogP contribution in [0.3, 0.4) is 0 Å². The van der Waals surface area contributed by atoms with Crippen LogP contribution in [0.15, 0.2) is 41.3 Å². The Labute approximate surface area is 182 Å². The Balaban J connectivity index is 1.74. The molecular weight excluding hydrogens is 438 g/mol. The fraction of sp³-hybridized carbons (Fsp3) is 0.409. The first kappa shape index (κ1) is 22.9. The lowest BCUT2D eigenvalue weighted by Gasteiger charge is -2.39. The van der Waals surface area contributed by atoms with Gasteiger partial charge in [-0.2, -0.15) is 0 Å². The lowest BCUT2D eigenvalue weighted by molar-refractivity contribution is -0.0485. The van der Waals surface area contributed by atoms with Gasteiger partial charge >= 0.3 is 0 Å². The molecular formula is C22H22ClF4NOS. The Morgan fingerprint density at radius 2 is 1.77 bits per heavy atom. The molecule has 0 heterocycles. The molecule has 0 radical (unpaired) electrons. The van der Waals surface area contributed by atoms with E-state index < -0.39 is 23.5 Å². The standard InChI is InChI=1S/C22H22ClF4NOS/c1-21(2,14-7-9-22(26,27)10-8-14)30-19-11-13(3-5-16(19)23)20(29)28-15-4-6-17(24)18(25)12-15/h3-6,11-12,14H,7-10H2,1-2H3,(H,28,29). The molecule has 0 aromatic heterocycles. The second-order valence-electron chi connectivity index (χ2n) is 8.06. The summed E-state index contributed by atoms with van der Waals surface area (Å²) in [4.78, 5) is 13.2. The van der Waals surface area contributed by atoms with Crippen molar-refractivity contribution in [1.29, 1.82) is 0 Å². The van der Waals surface area contributed by atoms with E-state index in [1.165, 1.54) is 23.9 Å². The minimum Gasteiger partial charge on any atom is -0.322 e. The number of hydrogen-bond acceptors (Lipinski definition) is 2. The zero-order chi connectivity index (χ0) is 22.1. The minimum atomic E-state index is -2.59. The molecule has 0 atom stereocenters. The van der Waals surface area contributed by atoms with Gasteiger partial charge in [0.1, 0.15) is 0 Å². The maximum absolute atomic E-state index is 13.5. The number of nitrogens with one attached hydrogen (secondary N) is 1. The lowest BCUT2D eigenvalue weighted by atomic mass is 9.79. The third kappa shape index (κ3) is 5.49. The molecule has 1 saturated carbocycles. The summed E-state index contributed by atoms with van der Waals surface area (Å²) in [6, 6.07) is 7.86. The maximum Gasteiger partial charge on any atom is 0.255 e. The molecule has 1 aliphatic rings. The first-order chi connectivity index (χ1) is 14.0. The van der Waals surface area contributed by atoms with E-state index in [1.54, 1.807) is 12.1 Å². The van der Waals surface area contributed by atoms with Crippen LogP contribution in [-0.2, 0) is 0 Å². The number of halogens is 5. The largest absolute Gasteiger partial charge is 0.322 e. The summed E-state index contributed by atoms with van der Waals surface area (Å²) in [5.74, 6) is -5.04. The van der Waals surface area contributed by atoms with E-state index in [0.717, 1.165) is 12.1 Å². The average Bonchev–Trinajstić information content (AvgIpc) is 2.66. The summed E-state index contributed by atoms with van der Waals surface area (Å²) in [7, 11) is 0. The zero-order valence-electron chi connectivity index (χ0n) is 16.6. The smallest absolute Gasteiger partial charge is 0.255 e. The molecule has 0 bridgehead atoms. The predicted octanol–water partition coefficient (Wildman–Crippen LogP) is 7.57. The van der Waals surface area contributed by atoms with Crippen molar-refractivity contribution >= 4 is 35.0 Å². The number of carbonyl (C=O) groups is 1. The first-order valence-corrected chi connectivity index (χ1v) is 10.8. The number of rotatable bonds is 5. The minimum absolute atomic E-state index is 0.0952. The number of anilines is 1. The Kier molecular flexibility index (Phi) is 6.72. The van der Waals surface area contributed by atoms with Crippen molar-refractivity contribution in [2.24, 2.45) is 5.92 Å². The molecule has 1 fully saturated rings. The molecule has 0 unspecified atom stereocenters. The summed E-state index contributed by atoms with van der Waals surface area (Å²) in [6.07, 6.45) is 0.625. The van der Waals surface area contributed by atoms with Gasteiger partial charge in [-0.25, -0.2) is 17.6 Å². The van der Waals surface area contributed by atoms with Crippen LogP contribution >= 0.6 is 23.4 Å². The molecule has 0 spiro atoms. The van der Waals surface area contributed by atoms with E-state index in [-0.39, 0.29) is 29.2 Å². The zero-order valence-corrected chi connectivity index (χ0v) is 18.1. The highest BCUT2D eigenvalue weighted by Crippen LogP contribution is 2.48. The molecule has 8 heteroatoms. The summed E-state index contributed by atoms with van der Waals surface area (Å²) >= 11 is 7.78. The van der Waals surface area contributed by atoms with E-state index in [1.807, 2.05) is 13.8 Å². The van der Waals surface area contributed by atoms with Crippen molar-refractivity contribution < 1.29 is 22.4 Å². The van der Waals surface area contributed by atoms with Gasteiger partial charge < -0.3 is 5.32 Å². The van der Waals surface area contributed by atoms with Gasteiger partial charge in [0.15, 0.2) is 11.6 Å². The van der Waals surface area contributed by atoms with Crippen molar-refractivity contribution in [3.05, 3.63) is 58.6 Å². The molecule has 30 heavy (non-hydrogen) atoms. The third-order valence-electron chi connectivity index (χ3n) is 5.44. The third-order valence-corrected chi connectivity index (χ3v) is 7.30. The molecule has 0 aliphatic heterocycles. The van der Waals surface area contributed by atoms with E-state index in [2.05, 4.69) is 5.32 Å². The van der Waals surface area contributed by atoms with Crippen LogP contribution < -0.4 is 5.32 Å². The Morgan fingerprint density at radius 1 is 1.10 bits per heavy atom. The highest BCUT2D eigenvalue weighted by molar-refractivity contribution is 8.00. The van der Waals surface area contributed by atoms with Gasteiger partial charge in [0.2, 0.25) is 5.92 Å². The van der Waals surface area contributed by atoms with Crippen LogP contribution in [0.5, 0.6) is 0 Å². The highest BCUT2D eigenvalue weighted by Gasteiger charge is 2.41. The molecule has 162 valence electrons. The normalized spacial score (nSPS) is 17.0. The number of hydrogen-bond donors (Lipinski definition) is 1. The molecule has 1 aliphatic carbocycles. The summed E-state index contributed by atoms with van der Waals surface area (Å²) in [5, 5.41) is 2.98. The topological polar surface area (TPSA) is 29.1 Å². The monoisotopic (exact) mass is 459 g/mol. The number of benzene rings is 2.